The van der Waals surface area contributed by atoms with Gasteiger partial charge in [0, 0.05) is 27.4 Å². The minimum absolute atomic E-state index is 0.295. The monoisotopic (exact) mass is 326 g/mol. The lowest BCUT2D eigenvalue weighted by molar-refractivity contribution is 0.415. The molecule has 0 saturated heterocycles. The molecule has 3 N–H and O–H groups in total. The Kier molecular flexibility index (Phi) is 4.70. The molecular weight excluding hydrogens is 315 g/mol. The third-order valence-electron chi connectivity index (χ3n) is 2.63. The molecule has 2 aromatic rings. The Hall–Kier alpha value is -1.49. The van der Waals surface area contributed by atoms with Crippen molar-refractivity contribution < 1.29 is 4.74 Å². The fraction of sp³-hybridized carbons (Fsp3) is 0.0714. The van der Waals surface area contributed by atoms with Crippen LogP contribution in [-0.4, -0.2) is 12.1 Å². The molecule has 2 aromatic carbocycles. The van der Waals surface area contributed by atoms with E-state index in [1.807, 2.05) is 6.07 Å². The maximum atomic E-state index is 5.98. The molecule has 0 heterocycles. The minimum Gasteiger partial charge on any atom is -0.497 e. The van der Waals surface area contributed by atoms with Gasteiger partial charge in [-0.15, -0.1) is 0 Å². The molecule has 6 heteroatoms. The Morgan fingerprint density at radius 2 is 1.80 bits per heavy atom. The molecule has 0 aliphatic carbocycles. The smallest absolute Gasteiger partial charge is 0.120 e. The van der Waals surface area contributed by atoms with Gasteiger partial charge in [0.15, 0.2) is 0 Å². The van der Waals surface area contributed by atoms with Gasteiger partial charge in [-0.05, 0) is 30.3 Å². The summed E-state index contributed by atoms with van der Waals surface area (Å²) in [6.45, 7) is 0. The first-order valence-electron chi connectivity index (χ1n) is 5.70. The Labute approximate surface area is 132 Å². The topological polar surface area (TPSA) is 47.3 Å². The largest absolute Gasteiger partial charge is 0.497 e. The number of benzene rings is 2. The Bertz CT molecular complexity index is 641. The molecule has 0 spiro atoms. The number of methoxy groups -OCH3 is 1. The molecule has 0 bridgehead atoms. The Balaban J connectivity index is 2.42. The van der Waals surface area contributed by atoms with Crippen molar-refractivity contribution in [3.05, 3.63) is 52.0 Å². The number of rotatable bonds is 4. The quantitative estimate of drug-likeness (QED) is 0.818. The average molecular weight is 327 g/mol. The van der Waals surface area contributed by atoms with Gasteiger partial charge in [-0.1, -0.05) is 35.4 Å². The normalized spacial score (nSPS) is 10.2. The molecule has 3 nitrogen and oxygen atoms in total. The van der Waals surface area contributed by atoms with Crippen LogP contribution >= 0.6 is 35.4 Å². The number of nitrogens with two attached hydrogens (primary N) is 1. The SMILES string of the molecule is COc1ccc(C(N)=S)c(Nc2cc(Cl)cc(Cl)c2)c1. The van der Waals surface area contributed by atoms with Crippen LogP contribution in [-0.2, 0) is 0 Å². The van der Waals surface area contributed by atoms with Gasteiger partial charge in [0.25, 0.3) is 0 Å². The highest BCUT2D eigenvalue weighted by Crippen LogP contribution is 2.29. The maximum absolute atomic E-state index is 5.98. The summed E-state index contributed by atoms with van der Waals surface area (Å²) < 4.78 is 5.20. The number of thiocarbonyl (C=S) groups is 1. The van der Waals surface area contributed by atoms with E-state index >= 15 is 0 Å². The number of ether oxygens (including phenoxy) is 1. The van der Waals surface area contributed by atoms with Crippen LogP contribution in [0.2, 0.25) is 10.0 Å². The minimum atomic E-state index is 0.295. The second-order valence-corrected chi connectivity index (χ2v) is 5.37. The van der Waals surface area contributed by atoms with Crippen molar-refractivity contribution in [2.45, 2.75) is 0 Å². The van der Waals surface area contributed by atoms with Crippen LogP contribution < -0.4 is 15.8 Å². The zero-order valence-corrected chi connectivity index (χ0v) is 12.9. The van der Waals surface area contributed by atoms with Gasteiger partial charge >= 0.3 is 0 Å². The summed E-state index contributed by atoms with van der Waals surface area (Å²) >= 11 is 17.0. The fourth-order valence-electron chi connectivity index (χ4n) is 1.75. The van der Waals surface area contributed by atoms with Gasteiger partial charge in [0.2, 0.25) is 0 Å². The first-order valence-corrected chi connectivity index (χ1v) is 6.87. The van der Waals surface area contributed by atoms with E-state index in [-0.39, 0.29) is 0 Å². The van der Waals surface area contributed by atoms with Gasteiger partial charge < -0.3 is 15.8 Å². The van der Waals surface area contributed by atoms with Gasteiger partial charge in [-0.25, -0.2) is 0 Å². The summed E-state index contributed by atoms with van der Waals surface area (Å²) in [6.07, 6.45) is 0. The molecule has 0 amide bonds. The second kappa shape index (κ2) is 6.31. The lowest BCUT2D eigenvalue weighted by atomic mass is 10.1. The summed E-state index contributed by atoms with van der Waals surface area (Å²) in [7, 11) is 1.59. The number of nitrogens with one attached hydrogen (secondary N) is 1. The van der Waals surface area contributed by atoms with Crippen molar-refractivity contribution in [1.82, 2.24) is 0 Å². The molecule has 0 fully saturated rings. The molecular formula is C14H12Cl2N2OS. The number of hydrogen-bond acceptors (Lipinski definition) is 3. The molecule has 0 aromatic heterocycles. The highest BCUT2D eigenvalue weighted by atomic mass is 35.5. The van der Waals surface area contributed by atoms with Crippen LogP contribution in [0.3, 0.4) is 0 Å². The standard InChI is InChI=1S/C14H12Cl2N2OS/c1-19-11-2-3-12(14(17)20)13(7-11)18-10-5-8(15)4-9(16)6-10/h2-7,18H,1H3,(H2,17,20). The van der Waals surface area contributed by atoms with Gasteiger partial charge in [-0.2, -0.15) is 0 Å². The molecule has 0 radical (unpaired) electrons. The van der Waals surface area contributed by atoms with E-state index in [1.165, 1.54) is 0 Å². The molecule has 104 valence electrons. The third kappa shape index (κ3) is 3.54. The van der Waals surface area contributed by atoms with Crippen LogP contribution in [0.25, 0.3) is 0 Å². The zero-order valence-electron chi connectivity index (χ0n) is 10.6. The lowest BCUT2D eigenvalue weighted by Crippen LogP contribution is -2.12. The number of hydrogen-bond donors (Lipinski definition) is 2. The van der Waals surface area contributed by atoms with E-state index in [4.69, 9.17) is 45.9 Å². The molecule has 0 atom stereocenters. The van der Waals surface area contributed by atoms with Crippen molar-refractivity contribution in [3.63, 3.8) is 0 Å². The van der Waals surface area contributed by atoms with E-state index in [9.17, 15) is 0 Å². The van der Waals surface area contributed by atoms with Crippen molar-refractivity contribution >= 4 is 51.8 Å². The number of halogens is 2. The van der Waals surface area contributed by atoms with Crippen LogP contribution in [0.5, 0.6) is 5.75 Å². The molecule has 0 aliphatic rings. The average Bonchev–Trinajstić information content (AvgIpc) is 2.37. The van der Waals surface area contributed by atoms with Gasteiger partial charge in [0.1, 0.15) is 10.7 Å². The molecule has 20 heavy (non-hydrogen) atoms. The van der Waals surface area contributed by atoms with E-state index in [2.05, 4.69) is 5.32 Å². The van der Waals surface area contributed by atoms with E-state index in [1.54, 1.807) is 37.4 Å². The first-order chi connectivity index (χ1) is 9.49. The summed E-state index contributed by atoms with van der Waals surface area (Å²) in [6, 6.07) is 10.6. The van der Waals surface area contributed by atoms with Crippen molar-refractivity contribution in [2.24, 2.45) is 5.73 Å². The third-order valence-corrected chi connectivity index (χ3v) is 3.29. The predicted octanol–water partition coefficient (Wildman–Crippen LogP) is 4.38. The summed E-state index contributed by atoms with van der Waals surface area (Å²) in [5.74, 6) is 0.695. The molecule has 0 saturated carbocycles. The highest BCUT2D eigenvalue weighted by molar-refractivity contribution is 7.80. The Morgan fingerprint density at radius 1 is 1.15 bits per heavy atom. The second-order valence-electron chi connectivity index (χ2n) is 4.06. The van der Waals surface area contributed by atoms with Crippen LogP contribution in [0.1, 0.15) is 5.56 Å². The maximum Gasteiger partial charge on any atom is 0.120 e. The summed E-state index contributed by atoms with van der Waals surface area (Å²) in [5, 5.41) is 4.28. The fourth-order valence-corrected chi connectivity index (χ4v) is 2.45. The lowest BCUT2D eigenvalue weighted by Gasteiger charge is -2.13. The van der Waals surface area contributed by atoms with Crippen molar-refractivity contribution in [3.8, 4) is 5.75 Å². The molecule has 0 aliphatic heterocycles. The first kappa shape index (κ1) is 14.9. The molecule has 0 unspecified atom stereocenters. The highest BCUT2D eigenvalue weighted by Gasteiger charge is 2.08. The van der Waals surface area contributed by atoms with Crippen molar-refractivity contribution in [2.75, 3.05) is 12.4 Å². The number of anilines is 2. The van der Waals surface area contributed by atoms with Crippen LogP contribution in [0.15, 0.2) is 36.4 Å². The Morgan fingerprint density at radius 3 is 2.35 bits per heavy atom. The predicted molar refractivity (Wildman–Crippen MR) is 88.6 cm³/mol. The zero-order chi connectivity index (χ0) is 14.7. The van der Waals surface area contributed by atoms with E-state index in [0.29, 0.717) is 20.8 Å². The van der Waals surface area contributed by atoms with E-state index in [0.717, 1.165) is 16.9 Å². The van der Waals surface area contributed by atoms with Crippen LogP contribution in [0.4, 0.5) is 11.4 Å². The van der Waals surface area contributed by atoms with Crippen LogP contribution in [0, 0.1) is 0 Å². The van der Waals surface area contributed by atoms with Gasteiger partial charge in [0.05, 0.1) is 12.8 Å². The van der Waals surface area contributed by atoms with E-state index < -0.39 is 0 Å². The van der Waals surface area contributed by atoms with Gasteiger partial charge in [-0.3, -0.25) is 0 Å². The summed E-state index contributed by atoms with van der Waals surface area (Å²) in [5.41, 5.74) is 7.91. The summed E-state index contributed by atoms with van der Waals surface area (Å²) in [4.78, 5) is 0.295. The van der Waals surface area contributed by atoms with Crippen molar-refractivity contribution in [1.29, 1.82) is 0 Å². The molecule has 2 rings (SSSR count).